The van der Waals surface area contributed by atoms with E-state index in [0.717, 1.165) is 51.9 Å². The highest BCUT2D eigenvalue weighted by Gasteiger charge is 2.37. The van der Waals surface area contributed by atoms with Crippen LogP contribution in [0.25, 0.3) is 0 Å². The summed E-state index contributed by atoms with van der Waals surface area (Å²) in [5, 5.41) is 9.16. The molecule has 2 fully saturated rings. The molecule has 0 unspecified atom stereocenters. The fourth-order valence-electron chi connectivity index (χ4n) is 3.53. The van der Waals surface area contributed by atoms with Gasteiger partial charge in [-0.3, -0.25) is 9.59 Å². The van der Waals surface area contributed by atoms with Crippen molar-refractivity contribution in [1.29, 1.82) is 0 Å². The molecule has 0 bridgehead atoms. The normalized spacial score (nSPS) is 23.6. The van der Waals surface area contributed by atoms with Crippen LogP contribution in [0.5, 0.6) is 0 Å². The van der Waals surface area contributed by atoms with Gasteiger partial charge in [-0.25, -0.2) is 0 Å². The van der Waals surface area contributed by atoms with Crippen LogP contribution in [0.3, 0.4) is 0 Å². The molecule has 0 spiro atoms. The summed E-state index contributed by atoms with van der Waals surface area (Å²) in [6.07, 6.45) is 5.63. The number of carbonyl (C=O) groups is 2. The van der Waals surface area contributed by atoms with Crippen molar-refractivity contribution in [1.82, 2.24) is 9.80 Å². The first-order valence-corrected chi connectivity index (χ1v) is 7.69. The van der Waals surface area contributed by atoms with E-state index in [1.807, 2.05) is 4.90 Å². The highest BCUT2D eigenvalue weighted by Crippen LogP contribution is 2.42. The van der Waals surface area contributed by atoms with Crippen molar-refractivity contribution in [3.63, 3.8) is 0 Å². The van der Waals surface area contributed by atoms with E-state index >= 15 is 0 Å². The molecule has 0 aromatic heterocycles. The zero-order valence-electron chi connectivity index (χ0n) is 12.4. The Morgan fingerprint density at radius 2 is 1.60 bits per heavy atom. The number of amides is 1. The fourth-order valence-corrected chi connectivity index (χ4v) is 3.53. The van der Waals surface area contributed by atoms with Crippen LogP contribution in [0, 0.1) is 5.41 Å². The van der Waals surface area contributed by atoms with Crippen LogP contribution < -0.4 is 0 Å². The molecule has 0 radical (unpaired) electrons. The van der Waals surface area contributed by atoms with Gasteiger partial charge in [0.1, 0.15) is 0 Å². The van der Waals surface area contributed by atoms with Crippen LogP contribution in [0.2, 0.25) is 0 Å². The monoisotopic (exact) mass is 282 g/mol. The Balaban J connectivity index is 1.96. The first-order chi connectivity index (χ1) is 9.51. The molecule has 5 nitrogen and oxygen atoms in total. The quantitative estimate of drug-likeness (QED) is 0.850. The van der Waals surface area contributed by atoms with E-state index < -0.39 is 5.97 Å². The first kappa shape index (κ1) is 15.3. The smallest absolute Gasteiger partial charge is 0.303 e. The summed E-state index contributed by atoms with van der Waals surface area (Å²) in [6, 6.07) is 0. The minimum absolute atomic E-state index is 0.145. The molecule has 2 rings (SSSR count). The molecule has 0 aromatic rings. The lowest BCUT2D eigenvalue weighted by Gasteiger charge is -2.39. The summed E-state index contributed by atoms with van der Waals surface area (Å²) in [7, 11) is 2.06. The largest absolute Gasteiger partial charge is 0.481 e. The number of likely N-dealkylation sites (N-methyl/N-ethyl adjacent to an activating group) is 1. The summed E-state index contributed by atoms with van der Waals surface area (Å²) in [6.45, 7) is 3.38. The molecule has 1 aliphatic carbocycles. The molecule has 1 amide bonds. The predicted octanol–water partition coefficient (Wildman–Crippen LogP) is 1.58. The van der Waals surface area contributed by atoms with Gasteiger partial charge in [0.2, 0.25) is 5.91 Å². The number of carbonyl (C=O) groups excluding carboxylic acids is 1. The Hall–Kier alpha value is -1.10. The zero-order chi connectivity index (χ0) is 14.6. The number of hydrogen-bond donors (Lipinski definition) is 1. The van der Waals surface area contributed by atoms with Crippen LogP contribution in [0.4, 0.5) is 0 Å². The summed E-state index contributed by atoms with van der Waals surface area (Å²) in [4.78, 5) is 27.8. The molecule has 5 heteroatoms. The average molecular weight is 282 g/mol. The second-order valence-electron chi connectivity index (χ2n) is 6.49. The number of carboxylic acids is 1. The number of hydrogen-bond acceptors (Lipinski definition) is 3. The van der Waals surface area contributed by atoms with Gasteiger partial charge in [0, 0.05) is 32.6 Å². The van der Waals surface area contributed by atoms with Crippen LogP contribution in [-0.2, 0) is 9.59 Å². The summed E-state index contributed by atoms with van der Waals surface area (Å²) >= 11 is 0. The van der Waals surface area contributed by atoms with Crippen LogP contribution >= 0.6 is 0 Å². The topological polar surface area (TPSA) is 60.9 Å². The van der Waals surface area contributed by atoms with Crippen molar-refractivity contribution in [2.24, 2.45) is 5.41 Å². The maximum absolute atomic E-state index is 12.5. The van der Waals surface area contributed by atoms with E-state index in [-0.39, 0.29) is 17.7 Å². The fraction of sp³-hybridized carbons (Fsp3) is 0.867. The number of aliphatic carboxylic acids is 1. The van der Waals surface area contributed by atoms with Crippen LogP contribution in [0.1, 0.15) is 44.9 Å². The highest BCUT2D eigenvalue weighted by atomic mass is 16.4. The van der Waals surface area contributed by atoms with Gasteiger partial charge in [-0.1, -0.05) is 19.3 Å². The van der Waals surface area contributed by atoms with Gasteiger partial charge >= 0.3 is 5.97 Å². The van der Waals surface area contributed by atoms with Crippen molar-refractivity contribution in [3.05, 3.63) is 0 Å². The molecule has 1 heterocycles. The van der Waals surface area contributed by atoms with Crippen LogP contribution in [0.15, 0.2) is 0 Å². The lowest BCUT2D eigenvalue weighted by Crippen LogP contribution is -2.48. The molecular formula is C15H26N2O3. The van der Waals surface area contributed by atoms with E-state index in [9.17, 15) is 9.59 Å². The minimum atomic E-state index is -0.766. The molecule has 1 N–H and O–H groups in total. The highest BCUT2D eigenvalue weighted by molar-refractivity contribution is 5.78. The number of piperazine rings is 1. The lowest BCUT2D eigenvalue weighted by atomic mass is 9.69. The van der Waals surface area contributed by atoms with Crippen LogP contribution in [-0.4, -0.2) is 60.0 Å². The Morgan fingerprint density at radius 3 is 2.15 bits per heavy atom. The van der Waals surface area contributed by atoms with E-state index in [0.29, 0.717) is 6.42 Å². The molecular weight excluding hydrogens is 256 g/mol. The standard InChI is InChI=1S/C15H26N2O3/c1-16-7-9-17(10-8-16)13(18)11-15(12-14(19)20)5-3-2-4-6-15/h2-12H2,1H3,(H,19,20). The van der Waals surface area contributed by atoms with Gasteiger partial charge in [-0.05, 0) is 25.3 Å². The Morgan fingerprint density at radius 1 is 1.00 bits per heavy atom. The van der Waals surface area contributed by atoms with Gasteiger partial charge in [-0.15, -0.1) is 0 Å². The number of nitrogens with zero attached hydrogens (tertiary/aromatic N) is 2. The molecule has 1 aliphatic heterocycles. The van der Waals surface area contributed by atoms with Crippen molar-refractivity contribution in [2.75, 3.05) is 33.2 Å². The third-order valence-corrected chi connectivity index (χ3v) is 4.82. The Bertz CT molecular complexity index is 356. The molecule has 0 atom stereocenters. The second-order valence-corrected chi connectivity index (χ2v) is 6.49. The predicted molar refractivity (Wildman–Crippen MR) is 76.5 cm³/mol. The molecule has 2 aliphatic rings. The van der Waals surface area contributed by atoms with Gasteiger partial charge < -0.3 is 14.9 Å². The maximum Gasteiger partial charge on any atom is 0.303 e. The molecule has 0 aromatic carbocycles. The van der Waals surface area contributed by atoms with Gasteiger partial charge in [0.25, 0.3) is 0 Å². The number of carboxylic acid groups (broad SMARTS) is 1. The van der Waals surface area contributed by atoms with E-state index in [4.69, 9.17) is 5.11 Å². The maximum atomic E-state index is 12.5. The van der Waals surface area contributed by atoms with Crippen molar-refractivity contribution in [2.45, 2.75) is 44.9 Å². The van der Waals surface area contributed by atoms with E-state index in [2.05, 4.69) is 11.9 Å². The molecule has 1 saturated heterocycles. The third-order valence-electron chi connectivity index (χ3n) is 4.82. The van der Waals surface area contributed by atoms with Crippen molar-refractivity contribution < 1.29 is 14.7 Å². The first-order valence-electron chi connectivity index (χ1n) is 7.69. The van der Waals surface area contributed by atoms with E-state index in [1.165, 1.54) is 6.42 Å². The second kappa shape index (κ2) is 6.57. The minimum Gasteiger partial charge on any atom is -0.481 e. The van der Waals surface area contributed by atoms with Gasteiger partial charge in [0.15, 0.2) is 0 Å². The van der Waals surface area contributed by atoms with Gasteiger partial charge in [0.05, 0.1) is 6.42 Å². The number of rotatable bonds is 4. The average Bonchev–Trinajstić information content (AvgIpc) is 2.39. The molecule has 114 valence electrons. The lowest BCUT2D eigenvalue weighted by molar-refractivity contribution is -0.143. The Labute approximate surface area is 120 Å². The third kappa shape index (κ3) is 3.95. The summed E-state index contributed by atoms with van der Waals surface area (Å²) in [5.74, 6) is -0.612. The van der Waals surface area contributed by atoms with Gasteiger partial charge in [-0.2, -0.15) is 0 Å². The molecule has 1 saturated carbocycles. The Kier molecular flexibility index (Phi) is 5.02. The van der Waals surface area contributed by atoms with E-state index in [1.54, 1.807) is 0 Å². The SMILES string of the molecule is CN1CCN(C(=O)CC2(CC(=O)O)CCCCC2)CC1. The summed E-state index contributed by atoms with van der Waals surface area (Å²) < 4.78 is 0. The molecule has 20 heavy (non-hydrogen) atoms. The van der Waals surface area contributed by atoms with Crippen molar-refractivity contribution >= 4 is 11.9 Å². The van der Waals surface area contributed by atoms with Crippen molar-refractivity contribution in [3.8, 4) is 0 Å². The summed E-state index contributed by atoms with van der Waals surface area (Å²) in [5.41, 5.74) is -0.287. The zero-order valence-corrected chi connectivity index (χ0v) is 12.4.